The van der Waals surface area contributed by atoms with Crippen LogP contribution in [0.1, 0.15) is 27.7 Å². The van der Waals surface area contributed by atoms with Gasteiger partial charge in [-0.2, -0.15) is 0 Å². The molecule has 1 aliphatic heterocycles. The van der Waals surface area contributed by atoms with Gasteiger partial charge in [0.15, 0.2) is 5.78 Å². The number of rotatable bonds is 4. The van der Waals surface area contributed by atoms with Crippen LogP contribution in [0.2, 0.25) is 0 Å². The molecule has 1 heterocycles. The van der Waals surface area contributed by atoms with Gasteiger partial charge in [-0.25, -0.2) is 0 Å². The number of carbonyl (C=O) groups is 1. The van der Waals surface area contributed by atoms with E-state index in [2.05, 4.69) is 6.58 Å². The third-order valence-corrected chi connectivity index (χ3v) is 2.42. The third kappa shape index (κ3) is 3.16. The van der Waals surface area contributed by atoms with E-state index in [0.29, 0.717) is 5.57 Å². The van der Waals surface area contributed by atoms with Gasteiger partial charge >= 0.3 is 7.32 Å². The minimum absolute atomic E-state index is 0.0119. The zero-order chi connectivity index (χ0) is 11.6. The van der Waals surface area contributed by atoms with Crippen LogP contribution in [0.3, 0.4) is 0 Å². The molecule has 0 spiro atoms. The minimum Gasteiger partial charge on any atom is -0.381 e. The highest BCUT2D eigenvalue weighted by Gasteiger charge is 2.39. The molecular weight excluding hydrogens is 195 g/mol. The Labute approximate surface area is 90.8 Å². The molecule has 1 saturated heterocycles. The number of ketones is 1. The fraction of sp³-hybridized carbons (Fsp3) is 0.700. The predicted octanol–water partition coefficient (Wildman–Crippen LogP) is 1.35. The molecule has 3 atom stereocenters. The molecule has 0 aromatic carbocycles. The van der Waals surface area contributed by atoms with Crippen LogP contribution in [0.25, 0.3) is 0 Å². The average Bonchev–Trinajstić information content (AvgIpc) is 2.44. The molecule has 0 aromatic heterocycles. The maximum Gasteiger partial charge on any atom is 0.640 e. The largest absolute Gasteiger partial charge is 0.640 e. The summed E-state index contributed by atoms with van der Waals surface area (Å²) in [5.74, 6) is -0.130. The summed E-state index contributed by atoms with van der Waals surface area (Å²) in [7, 11) is -0.742. The molecule has 4 nitrogen and oxygen atoms in total. The number of hydrogen-bond donors (Lipinski definition) is 0. The first-order valence-electron chi connectivity index (χ1n) is 5.08. The topological polar surface area (TPSA) is 44.8 Å². The highest BCUT2D eigenvalue weighted by Crippen LogP contribution is 2.17. The molecule has 1 aliphatic rings. The molecule has 0 amide bonds. The second kappa shape index (κ2) is 4.92. The smallest absolute Gasteiger partial charge is 0.381 e. The Morgan fingerprint density at radius 2 is 1.87 bits per heavy atom. The summed E-state index contributed by atoms with van der Waals surface area (Å²) in [5.41, 5.74) is 0.474. The van der Waals surface area contributed by atoms with Crippen molar-refractivity contribution in [1.82, 2.24) is 0 Å². The van der Waals surface area contributed by atoms with Crippen LogP contribution in [0, 0.1) is 0 Å². The molecule has 15 heavy (non-hydrogen) atoms. The van der Waals surface area contributed by atoms with E-state index in [1.807, 2.05) is 13.8 Å². The Bertz CT molecular complexity index is 256. The molecule has 0 saturated carbocycles. The average molecular weight is 212 g/mol. The van der Waals surface area contributed by atoms with E-state index in [1.165, 1.54) is 0 Å². The van der Waals surface area contributed by atoms with E-state index in [9.17, 15) is 4.79 Å². The molecule has 0 N–H and O–H groups in total. The summed E-state index contributed by atoms with van der Waals surface area (Å²) in [6, 6.07) is 0. The van der Waals surface area contributed by atoms with Gasteiger partial charge in [-0.1, -0.05) is 6.58 Å². The van der Waals surface area contributed by atoms with Crippen molar-refractivity contribution in [3.8, 4) is 0 Å². The second-order valence-corrected chi connectivity index (χ2v) is 3.89. The lowest BCUT2D eigenvalue weighted by molar-refractivity contribution is -0.122. The van der Waals surface area contributed by atoms with Crippen LogP contribution in [0.5, 0.6) is 0 Å². The molecule has 3 unspecified atom stereocenters. The summed E-state index contributed by atoms with van der Waals surface area (Å²) in [4.78, 5) is 11.5. The maximum atomic E-state index is 11.5. The van der Waals surface area contributed by atoms with Crippen molar-refractivity contribution in [2.75, 3.05) is 0 Å². The molecule has 5 heteroatoms. The summed E-state index contributed by atoms with van der Waals surface area (Å²) in [6.07, 6.45) is -0.603. The SMILES string of the molecule is C=C(C)C(=O)C(C)OB1OC(C)C(C)O1. The molecule has 0 aliphatic carbocycles. The van der Waals surface area contributed by atoms with Crippen molar-refractivity contribution in [1.29, 1.82) is 0 Å². The van der Waals surface area contributed by atoms with Crippen LogP contribution in [0.4, 0.5) is 0 Å². The van der Waals surface area contributed by atoms with E-state index in [4.69, 9.17) is 14.0 Å². The van der Waals surface area contributed by atoms with Crippen molar-refractivity contribution in [3.05, 3.63) is 12.2 Å². The minimum atomic E-state index is -0.742. The summed E-state index contributed by atoms with van der Waals surface area (Å²) < 4.78 is 16.0. The van der Waals surface area contributed by atoms with E-state index in [0.717, 1.165) is 0 Å². The molecule has 1 fully saturated rings. The summed E-state index contributed by atoms with van der Waals surface area (Å²) in [6.45, 7) is 10.7. The van der Waals surface area contributed by atoms with Gasteiger partial charge in [0.1, 0.15) is 6.10 Å². The quantitative estimate of drug-likeness (QED) is 0.521. The Morgan fingerprint density at radius 1 is 1.40 bits per heavy atom. The predicted molar refractivity (Wildman–Crippen MR) is 57.2 cm³/mol. The van der Waals surface area contributed by atoms with Gasteiger partial charge in [0.2, 0.25) is 0 Å². The van der Waals surface area contributed by atoms with E-state index < -0.39 is 13.4 Å². The van der Waals surface area contributed by atoms with E-state index in [1.54, 1.807) is 13.8 Å². The van der Waals surface area contributed by atoms with Crippen LogP contribution in [0.15, 0.2) is 12.2 Å². The Balaban J connectivity index is 2.43. The fourth-order valence-corrected chi connectivity index (χ4v) is 1.24. The van der Waals surface area contributed by atoms with Crippen LogP contribution >= 0.6 is 0 Å². The molecule has 0 radical (unpaired) electrons. The summed E-state index contributed by atoms with van der Waals surface area (Å²) in [5, 5.41) is 0. The highest BCUT2D eigenvalue weighted by atomic mass is 16.8. The first-order chi connectivity index (χ1) is 6.91. The number of hydrogen-bond acceptors (Lipinski definition) is 4. The van der Waals surface area contributed by atoms with Crippen molar-refractivity contribution < 1.29 is 18.8 Å². The molecule has 0 bridgehead atoms. The van der Waals surface area contributed by atoms with Crippen LogP contribution < -0.4 is 0 Å². The monoisotopic (exact) mass is 212 g/mol. The maximum absolute atomic E-state index is 11.5. The van der Waals surface area contributed by atoms with Crippen molar-refractivity contribution >= 4 is 13.1 Å². The summed E-state index contributed by atoms with van der Waals surface area (Å²) >= 11 is 0. The van der Waals surface area contributed by atoms with Crippen molar-refractivity contribution in [2.45, 2.75) is 46.0 Å². The molecule has 84 valence electrons. The zero-order valence-corrected chi connectivity index (χ0v) is 9.65. The lowest BCUT2D eigenvalue weighted by Gasteiger charge is -2.13. The Morgan fingerprint density at radius 3 is 2.27 bits per heavy atom. The normalized spacial score (nSPS) is 27.9. The molecule has 1 rings (SSSR count). The first-order valence-corrected chi connectivity index (χ1v) is 5.08. The van der Waals surface area contributed by atoms with E-state index in [-0.39, 0.29) is 18.0 Å². The van der Waals surface area contributed by atoms with Gasteiger partial charge in [0, 0.05) is 0 Å². The Hall–Kier alpha value is -0.645. The van der Waals surface area contributed by atoms with Gasteiger partial charge in [-0.15, -0.1) is 0 Å². The number of carbonyl (C=O) groups excluding carboxylic acids is 1. The highest BCUT2D eigenvalue weighted by molar-refractivity contribution is 6.37. The lowest BCUT2D eigenvalue weighted by atomic mass is 10.1. The standard InChI is InChI=1S/C10H17BO4/c1-6(2)10(12)9(5)15-11-13-7(3)8(4)14-11/h7-9H,1H2,2-5H3. The fourth-order valence-electron chi connectivity index (χ4n) is 1.24. The molecule has 0 aromatic rings. The van der Waals surface area contributed by atoms with Gasteiger partial charge in [-0.05, 0) is 33.3 Å². The molecular formula is C10H17BO4. The van der Waals surface area contributed by atoms with Gasteiger partial charge in [-0.3, -0.25) is 4.79 Å². The lowest BCUT2D eigenvalue weighted by Crippen LogP contribution is -2.31. The van der Waals surface area contributed by atoms with Crippen LogP contribution in [-0.2, 0) is 18.8 Å². The second-order valence-electron chi connectivity index (χ2n) is 3.89. The first kappa shape index (κ1) is 12.4. The van der Waals surface area contributed by atoms with Crippen LogP contribution in [-0.4, -0.2) is 31.4 Å². The van der Waals surface area contributed by atoms with Gasteiger partial charge in [0.25, 0.3) is 0 Å². The van der Waals surface area contributed by atoms with Crippen molar-refractivity contribution in [3.63, 3.8) is 0 Å². The van der Waals surface area contributed by atoms with Gasteiger partial charge < -0.3 is 14.0 Å². The Kier molecular flexibility index (Phi) is 4.08. The van der Waals surface area contributed by atoms with Gasteiger partial charge in [0.05, 0.1) is 12.2 Å². The number of Topliss-reactive ketones (excluding diaryl/α,β-unsaturated/α-hetero) is 1. The zero-order valence-electron chi connectivity index (χ0n) is 9.65. The van der Waals surface area contributed by atoms with E-state index >= 15 is 0 Å². The van der Waals surface area contributed by atoms with Crippen molar-refractivity contribution in [2.24, 2.45) is 0 Å². The third-order valence-electron chi connectivity index (χ3n) is 2.42.